The number of hydrogen-bond acceptors (Lipinski definition) is 6. The van der Waals surface area contributed by atoms with Crippen molar-refractivity contribution in [2.45, 2.75) is 151 Å². The Labute approximate surface area is 331 Å². The van der Waals surface area contributed by atoms with Gasteiger partial charge in [0.2, 0.25) is 0 Å². The van der Waals surface area contributed by atoms with Crippen molar-refractivity contribution in [1.29, 1.82) is 0 Å². The van der Waals surface area contributed by atoms with E-state index in [2.05, 4.69) is 98.2 Å². The molecule has 0 spiro atoms. The molecule has 0 radical (unpaired) electrons. The number of carbonyl (C=O) groups is 2. The largest absolute Gasteiger partial charge is 0.371 e. The van der Waals surface area contributed by atoms with Gasteiger partial charge in [0.1, 0.15) is 0 Å². The molecule has 0 aromatic heterocycles. The number of ketones is 2. The van der Waals surface area contributed by atoms with Crippen molar-refractivity contribution in [2.24, 2.45) is 0 Å². The van der Waals surface area contributed by atoms with Crippen LogP contribution in [-0.2, 0) is 20.3 Å². The summed E-state index contributed by atoms with van der Waals surface area (Å²) in [6.07, 6.45) is 11.5. The van der Waals surface area contributed by atoms with Gasteiger partial charge in [-0.1, -0.05) is 102 Å². The van der Waals surface area contributed by atoms with E-state index in [1.807, 2.05) is 24.3 Å². The summed E-state index contributed by atoms with van der Waals surface area (Å²) in [5.41, 5.74) is 9.68. The number of morpholine rings is 2. The molecular formula is C50H54N2O4. The van der Waals surface area contributed by atoms with Crippen LogP contribution in [0, 0.1) is 0 Å². The molecular weight excluding hydrogens is 693 g/mol. The number of anilines is 2. The number of benzene rings is 4. The van der Waals surface area contributed by atoms with Gasteiger partial charge in [-0.3, -0.25) is 9.59 Å². The third kappa shape index (κ3) is 5.00. The zero-order valence-electron chi connectivity index (χ0n) is 33.3. The third-order valence-electron chi connectivity index (χ3n) is 15.4. The van der Waals surface area contributed by atoms with Gasteiger partial charge in [0.25, 0.3) is 0 Å². The van der Waals surface area contributed by atoms with Crippen LogP contribution in [0.5, 0.6) is 0 Å². The lowest BCUT2D eigenvalue weighted by Crippen LogP contribution is -2.71. The summed E-state index contributed by atoms with van der Waals surface area (Å²) in [5.74, 6) is 0.267. The van der Waals surface area contributed by atoms with E-state index < -0.39 is 0 Å². The Morgan fingerprint density at radius 1 is 0.464 bits per heavy atom. The van der Waals surface area contributed by atoms with Crippen LogP contribution in [0.2, 0.25) is 0 Å². The molecule has 8 atom stereocenters. The van der Waals surface area contributed by atoms with E-state index in [-0.39, 0.29) is 58.9 Å². The molecule has 0 amide bonds. The Bertz CT molecular complexity index is 2120. The highest BCUT2D eigenvalue weighted by molar-refractivity contribution is 6.14. The van der Waals surface area contributed by atoms with Gasteiger partial charge in [-0.2, -0.15) is 0 Å². The summed E-state index contributed by atoms with van der Waals surface area (Å²) in [6.45, 7) is 9.11. The van der Waals surface area contributed by atoms with Gasteiger partial charge in [0.05, 0.1) is 48.6 Å². The van der Waals surface area contributed by atoms with Crippen LogP contribution in [-0.4, -0.2) is 60.1 Å². The molecule has 6 nitrogen and oxygen atoms in total. The Morgan fingerprint density at radius 2 is 0.857 bits per heavy atom. The average Bonchev–Trinajstić information content (AvgIpc) is 3.22. The first-order chi connectivity index (χ1) is 27.1. The van der Waals surface area contributed by atoms with E-state index in [9.17, 15) is 9.59 Å². The Hall–Kier alpha value is -4.26. The summed E-state index contributed by atoms with van der Waals surface area (Å²) < 4.78 is 14.6. The molecule has 2 heterocycles. The quantitative estimate of drug-likeness (QED) is 0.204. The summed E-state index contributed by atoms with van der Waals surface area (Å²) in [6, 6.07) is 30.7. The van der Waals surface area contributed by atoms with Crippen LogP contribution < -0.4 is 9.80 Å². The minimum atomic E-state index is -0.287. The molecule has 8 unspecified atom stereocenters. The first kappa shape index (κ1) is 34.9. The van der Waals surface area contributed by atoms with Crippen molar-refractivity contribution in [1.82, 2.24) is 0 Å². The lowest BCUT2D eigenvalue weighted by atomic mass is 9.68. The minimum absolute atomic E-state index is 0.0655. The number of hydrogen-bond donors (Lipinski definition) is 0. The van der Waals surface area contributed by atoms with Crippen LogP contribution in [0.15, 0.2) is 84.9 Å². The number of ether oxygens (including phenoxy) is 2. The molecule has 2 saturated heterocycles. The highest BCUT2D eigenvalue weighted by Crippen LogP contribution is 2.50. The van der Waals surface area contributed by atoms with Gasteiger partial charge in [-0.05, 0) is 97.2 Å². The summed E-state index contributed by atoms with van der Waals surface area (Å²) >= 11 is 0. The van der Waals surface area contributed by atoms with Gasteiger partial charge in [-0.25, -0.2) is 0 Å². The first-order valence-corrected chi connectivity index (χ1v) is 21.6. The number of carbonyl (C=O) groups excluding carboxylic acids is 2. The Kier molecular flexibility index (Phi) is 7.87. The molecule has 288 valence electrons. The van der Waals surface area contributed by atoms with E-state index in [0.29, 0.717) is 12.1 Å². The van der Waals surface area contributed by atoms with Crippen molar-refractivity contribution in [3.63, 3.8) is 0 Å². The molecule has 0 bridgehead atoms. The van der Waals surface area contributed by atoms with Crippen LogP contribution >= 0.6 is 0 Å². The fourth-order valence-electron chi connectivity index (χ4n) is 12.6. The van der Waals surface area contributed by atoms with E-state index in [4.69, 9.17) is 9.47 Å². The summed E-state index contributed by atoms with van der Waals surface area (Å²) in [4.78, 5) is 33.2. The maximum absolute atomic E-state index is 13.9. The van der Waals surface area contributed by atoms with Crippen molar-refractivity contribution >= 4 is 22.9 Å². The molecule has 56 heavy (non-hydrogen) atoms. The number of fused-ring (bicyclic) bond motifs is 8. The molecule has 5 aliphatic carbocycles. The van der Waals surface area contributed by atoms with Crippen LogP contribution in [0.1, 0.15) is 146 Å². The van der Waals surface area contributed by atoms with E-state index in [1.165, 1.54) is 37.1 Å². The highest BCUT2D eigenvalue weighted by atomic mass is 16.5. The van der Waals surface area contributed by atoms with Crippen molar-refractivity contribution < 1.29 is 19.1 Å². The number of nitrogens with zero attached hydrogens (tertiary/aromatic N) is 2. The molecule has 0 N–H and O–H groups in total. The van der Waals surface area contributed by atoms with Gasteiger partial charge < -0.3 is 19.3 Å². The van der Waals surface area contributed by atoms with Gasteiger partial charge in [0.15, 0.2) is 11.6 Å². The predicted molar refractivity (Wildman–Crippen MR) is 220 cm³/mol. The molecule has 6 heteroatoms. The van der Waals surface area contributed by atoms with Crippen LogP contribution in [0.4, 0.5) is 11.4 Å². The van der Waals surface area contributed by atoms with Crippen molar-refractivity contribution in [2.75, 3.05) is 9.80 Å². The fraction of sp³-hybridized carbons (Fsp3) is 0.480. The maximum atomic E-state index is 13.9. The summed E-state index contributed by atoms with van der Waals surface area (Å²) in [7, 11) is 0. The monoisotopic (exact) mass is 746 g/mol. The van der Waals surface area contributed by atoms with E-state index in [0.717, 1.165) is 83.0 Å². The molecule has 4 aromatic carbocycles. The second-order valence-electron chi connectivity index (χ2n) is 19.0. The number of rotatable bonds is 2. The van der Waals surface area contributed by atoms with Gasteiger partial charge in [0, 0.05) is 44.5 Å². The predicted octanol–water partition coefficient (Wildman–Crippen LogP) is 9.69. The first-order valence-electron chi connectivity index (χ1n) is 21.6. The molecule has 4 aromatic rings. The third-order valence-corrected chi connectivity index (χ3v) is 15.4. The topological polar surface area (TPSA) is 59.1 Å². The van der Waals surface area contributed by atoms with Crippen LogP contribution in [0.3, 0.4) is 0 Å². The smallest absolute Gasteiger partial charge is 0.193 e. The normalized spacial score (nSPS) is 32.1. The van der Waals surface area contributed by atoms with Crippen molar-refractivity contribution in [3.05, 3.63) is 129 Å². The molecule has 11 rings (SSSR count). The Balaban J connectivity index is 0.979. The molecule has 7 aliphatic rings. The second kappa shape index (κ2) is 12.6. The molecule has 2 aliphatic heterocycles. The van der Waals surface area contributed by atoms with Crippen molar-refractivity contribution in [3.8, 4) is 0 Å². The molecule has 3 saturated carbocycles. The lowest BCUT2D eigenvalue weighted by Gasteiger charge is -2.61. The van der Waals surface area contributed by atoms with E-state index in [1.54, 1.807) is 0 Å². The summed E-state index contributed by atoms with van der Waals surface area (Å²) in [5, 5.41) is 0. The molecule has 5 fully saturated rings. The SMILES string of the molecule is CC1(C)c2ccccc2C(=O)c2ccc(N3C4CCCCC4OC4CC5C(CC43)OC3CCCCC3N5c3ccc4c(c3)C(C)(C)c3ccccc3C4=O)cc21. The van der Waals surface area contributed by atoms with E-state index >= 15 is 0 Å². The lowest BCUT2D eigenvalue weighted by molar-refractivity contribution is -0.154. The second-order valence-corrected chi connectivity index (χ2v) is 19.0. The zero-order chi connectivity index (χ0) is 38.1. The standard InChI is InChI=1S/C50H54N2O4/c1-49(2)35-15-7-5-13-31(35)47(53)33-23-21-29(25-37(33)49)51-39-17-9-11-19-43(39)55-45-28-42-46(27-41(45)51)56-44-20-12-10-18-40(44)52(42)30-22-24-34-38(26-30)50(3,4)36-16-8-6-14-32(36)48(34)54/h5-8,13-16,21-26,39-46H,9-12,17-20,27-28H2,1-4H3. The van der Waals surface area contributed by atoms with Gasteiger partial charge >= 0.3 is 0 Å². The Morgan fingerprint density at radius 3 is 1.30 bits per heavy atom. The van der Waals surface area contributed by atoms with Gasteiger partial charge in [-0.15, -0.1) is 0 Å². The zero-order valence-corrected chi connectivity index (χ0v) is 33.3. The van der Waals surface area contributed by atoms with Crippen LogP contribution in [0.25, 0.3) is 0 Å². The minimum Gasteiger partial charge on any atom is -0.371 e. The average molecular weight is 747 g/mol. The maximum Gasteiger partial charge on any atom is 0.193 e. The fourth-order valence-corrected chi connectivity index (χ4v) is 12.6. The highest BCUT2D eigenvalue weighted by Gasteiger charge is 2.55.